The Labute approximate surface area is 226 Å². The van der Waals surface area contributed by atoms with Gasteiger partial charge in [-0.1, -0.05) is 41.4 Å². The highest BCUT2D eigenvalue weighted by molar-refractivity contribution is 7.93. The van der Waals surface area contributed by atoms with E-state index in [-0.39, 0.29) is 21.0 Å². The molecule has 0 aliphatic carbocycles. The van der Waals surface area contributed by atoms with Crippen LogP contribution in [0.2, 0.25) is 5.02 Å². The van der Waals surface area contributed by atoms with Gasteiger partial charge >= 0.3 is 0 Å². The molecule has 4 aromatic carbocycles. The van der Waals surface area contributed by atoms with Crippen molar-refractivity contribution < 1.29 is 21.6 Å². The van der Waals surface area contributed by atoms with E-state index < -0.39 is 26.0 Å². The van der Waals surface area contributed by atoms with Gasteiger partial charge in [-0.3, -0.25) is 14.2 Å². The fourth-order valence-electron chi connectivity index (χ4n) is 3.48. The van der Waals surface area contributed by atoms with Gasteiger partial charge in [0.25, 0.3) is 26.0 Å². The molecular weight excluding hydrogens is 546 g/mol. The summed E-state index contributed by atoms with van der Waals surface area (Å²) in [6, 6.07) is 23.1. The summed E-state index contributed by atoms with van der Waals surface area (Å²) >= 11 is 5.91. The number of aryl methyl sites for hydroxylation is 2. The largest absolute Gasteiger partial charge is 0.322 e. The van der Waals surface area contributed by atoms with Gasteiger partial charge < -0.3 is 5.32 Å². The van der Waals surface area contributed by atoms with Crippen molar-refractivity contribution in [3.8, 4) is 0 Å². The van der Waals surface area contributed by atoms with Crippen LogP contribution < -0.4 is 14.8 Å². The van der Waals surface area contributed by atoms with Gasteiger partial charge in [-0.15, -0.1) is 0 Å². The van der Waals surface area contributed by atoms with Gasteiger partial charge in [-0.05, 0) is 86.1 Å². The van der Waals surface area contributed by atoms with Crippen LogP contribution in [0.1, 0.15) is 21.5 Å². The zero-order chi connectivity index (χ0) is 27.5. The standard InChI is InChI=1S/C27H24ClN3O5S2/c1-18-6-12-24(13-7-18)38(35,36)31-26-16-20(9-8-19(26)2)27(32)29-22-10-14-25(15-11-22)37(33,34)30-23-5-3-4-21(28)17-23/h3-17,30-31H,1-2H3,(H,29,32). The summed E-state index contributed by atoms with van der Waals surface area (Å²) in [5.74, 6) is -0.492. The van der Waals surface area contributed by atoms with Crippen molar-refractivity contribution in [1.29, 1.82) is 0 Å². The van der Waals surface area contributed by atoms with E-state index in [0.29, 0.717) is 22.0 Å². The van der Waals surface area contributed by atoms with E-state index in [1.807, 2.05) is 6.92 Å². The third kappa shape index (κ3) is 6.52. The van der Waals surface area contributed by atoms with Crippen molar-refractivity contribution >= 4 is 54.6 Å². The van der Waals surface area contributed by atoms with E-state index in [0.717, 1.165) is 5.56 Å². The first-order chi connectivity index (χ1) is 17.9. The molecule has 3 N–H and O–H groups in total. The topological polar surface area (TPSA) is 121 Å². The van der Waals surface area contributed by atoms with E-state index in [9.17, 15) is 21.6 Å². The lowest BCUT2D eigenvalue weighted by Crippen LogP contribution is -2.16. The van der Waals surface area contributed by atoms with Gasteiger partial charge in [-0.25, -0.2) is 16.8 Å². The summed E-state index contributed by atoms with van der Waals surface area (Å²) in [5.41, 5.74) is 2.74. The smallest absolute Gasteiger partial charge is 0.261 e. The molecule has 4 aromatic rings. The van der Waals surface area contributed by atoms with Crippen LogP contribution >= 0.6 is 11.6 Å². The van der Waals surface area contributed by atoms with Crippen LogP contribution in [0.4, 0.5) is 17.1 Å². The van der Waals surface area contributed by atoms with Crippen molar-refractivity contribution in [2.24, 2.45) is 0 Å². The molecule has 38 heavy (non-hydrogen) atoms. The summed E-state index contributed by atoms with van der Waals surface area (Å²) in [6.45, 7) is 3.59. The minimum Gasteiger partial charge on any atom is -0.322 e. The van der Waals surface area contributed by atoms with Crippen LogP contribution in [-0.2, 0) is 20.0 Å². The quantitative estimate of drug-likeness (QED) is 0.247. The van der Waals surface area contributed by atoms with Crippen molar-refractivity contribution in [3.05, 3.63) is 113 Å². The molecule has 1 amide bonds. The Kier molecular flexibility index (Phi) is 7.77. The zero-order valence-electron chi connectivity index (χ0n) is 20.4. The first-order valence-corrected chi connectivity index (χ1v) is 14.7. The predicted octanol–water partition coefficient (Wildman–Crippen LogP) is 5.81. The van der Waals surface area contributed by atoms with Crippen molar-refractivity contribution in [1.82, 2.24) is 0 Å². The van der Waals surface area contributed by atoms with E-state index in [2.05, 4.69) is 14.8 Å². The van der Waals surface area contributed by atoms with Crippen molar-refractivity contribution in [2.75, 3.05) is 14.8 Å². The molecule has 8 nitrogen and oxygen atoms in total. The highest BCUT2D eigenvalue weighted by atomic mass is 35.5. The molecule has 0 atom stereocenters. The summed E-state index contributed by atoms with van der Waals surface area (Å²) < 4.78 is 56.0. The number of anilines is 3. The number of hydrogen-bond donors (Lipinski definition) is 3. The lowest BCUT2D eigenvalue weighted by Gasteiger charge is -2.13. The van der Waals surface area contributed by atoms with Gasteiger partial charge in [0.1, 0.15) is 0 Å². The Morgan fingerprint density at radius 3 is 1.92 bits per heavy atom. The average molecular weight is 570 g/mol. The fourth-order valence-corrected chi connectivity index (χ4v) is 5.84. The first-order valence-electron chi connectivity index (χ1n) is 11.3. The SMILES string of the molecule is Cc1ccc(S(=O)(=O)Nc2cc(C(=O)Nc3ccc(S(=O)(=O)Nc4cccc(Cl)c4)cc3)ccc2C)cc1. The molecule has 196 valence electrons. The monoisotopic (exact) mass is 569 g/mol. The minimum atomic E-state index is -3.87. The molecule has 0 aromatic heterocycles. The molecule has 0 saturated carbocycles. The van der Waals surface area contributed by atoms with Crippen LogP contribution in [0.3, 0.4) is 0 Å². The highest BCUT2D eigenvalue weighted by Crippen LogP contribution is 2.24. The third-order valence-electron chi connectivity index (χ3n) is 5.57. The van der Waals surface area contributed by atoms with Crippen LogP contribution in [0, 0.1) is 13.8 Å². The Morgan fingerprint density at radius 2 is 1.29 bits per heavy atom. The second-order valence-corrected chi connectivity index (χ2v) is 12.3. The van der Waals surface area contributed by atoms with Gasteiger partial charge in [0.2, 0.25) is 0 Å². The van der Waals surface area contributed by atoms with Gasteiger partial charge in [0, 0.05) is 16.3 Å². The number of carbonyl (C=O) groups excluding carboxylic acids is 1. The number of sulfonamides is 2. The van der Waals surface area contributed by atoms with Gasteiger partial charge in [-0.2, -0.15) is 0 Å². The number of halogens is 1. The summed E-state index contributed by atoms with van der Waals surface area (Å²) in [4.78, 5) is 13.0. The zero-order valence-corrected chi connectivity index (χ0v) is 22.8. The van der Waals surface area contributed by atoms with Crippen LogP contribution in [-0.4, -0.2) is 22.7 Å². The Bertz CT molecular complexity index is 1700. The predicted molar refractivity (Wildman–Crippen MR) is 150 cm³/mol. The molecule has 0 saturated heterocycles. The molecule has 0 aliphatic heterocycles. The summed E-state index contributed by atoms with van der Waals surface area (Å²) in [6.07, 6.45) is 0. The second kappa shape index (κ2) is 10.9. The van der Waals surface area contributed by atoms with Crippen LogP contribution in [0.5, 0.6) is 0 Å². The van der Waals surface area contributed by atoms with Crippen LogP contribution in [0.15, 0.2) is 101 Å². The Morgan fingerprint density at radius 1 is 0.684 bits per heavy atom. The summed E-state index contributed by atoms with van der Waals surface area (Å²) in [7, 11) is -7.72. The van der Waals surface area contributed by atoms with E-state index in [4.69, 9.17) is 11.6 Å². The van der Waals surface area contributed by atoms with Gasteiger partial charge in [0.05, 0.1) is 21.2 Å². The summed E-state index contributed by atoms with van der Waals surface area (Å²) in [5, 5.41) is 3.09. The number of hydrogen-bond acceptors (Lipinski definition) is 5. The molecule has 0 aliphatic rings. The molecule has 0 bridgehead atoms. The maximum absolute atomic E-state index is 12.9. The number of benzene rings is 4. The average Bonchev–Trinajstić information content (AvgIpc) is 2.85. The minimum absolute atomic E-state index is 0.00129. The highest BCUT2D eigenvalue weighted by Gasteiger charge is 2.18. The van der Waals surface area contributed by atoms with Crippen LogP contribution in [0.25, 0.3) is 0 Å². The molecule has 0 radical (unpaired) electrons. The Balaban J connectivity index is 1.48. The third-order valence-corrected chi connectivity index (χ3v) is 8.59. The molecular formula is C27H24ClN3O5S2. The van der Waals surface area contributed by atoms with E-state index in [1.165, 1.54) is 48.5 Å². The van der Waals surface area contributed by atoms with Gasteiger partial charge in [0.15, 0.2) is 0 Å². The maximum atomic E-state index is 12.9. The second-order valence-electron chi connectivity index (χ2n) is 8.54. The molecule has 11 heteroatoms. The van der Waals surface area contributed by atoms with E-state index in [1.54, 1.807) is 49.4 Å². The normalized spacial score (nSPS) is 11.6. The number of amides is 1. The first kappa shape index (κ1) is 27.2. The molecule has 0 unspecified atom stereocenters. The fraction of sp³-hybridized carbons (Fsp3) is 0.0741. The molecule has 0 spiro atoms. The Hall–Kier alpha value is -3.86. The number of nitrogens with one attached hydrogen (secondary N) is 3. The molecule has 0 heterocycles. The molecule has 0 fully saturated rings. The van der Waals surface area contributed by atoms with Crippen molar-refractivity contribution in [2.45, 2.75) is 23.6 Å². The van der Waals surface area contributed by atoms with Crippen molar-refractivity contribution in [3.63, 3.8) is 0 Å². The maximum Gasteiger partial charge on any atom is 0.261 e. The van der Waals surface area contributed by atoms with E-state index >= 15 is 0 Å². The molecule has 4 rings (SSSR count). The lowest BCUT2D eigenvalue weighted by atomic mass is 10.1. The lowest BCUT2D eigenvalue weighted by molar-refractivity contribution is 0.102. The number of carbonyl (C=O) groups is 1. The number of rotatable bonds is 8.